The van der Waals surface area contributed by atoms with Crippen molar-refractivity contribution in [2.45, 2.75) is 39.4 Å². The van der Waals surface area contributed by atoms with Crippen LogP contribution in [0.1, 0.15) is 36.1 Å². The van der Waals surface area contributed by atoms with Crippen molar-refractivity contribution in [2.24, 2.45) is 5.73 Å². The largest absolute Gasteiger partial charge is 0.488 e. The van der Waals surface area contributed by atoms with E-state index in [1.165, 1.54) is 0 Å². The van der Waals surface area contributed by atoms with Crippen molar-refractivity contribution in [1.29, 1.82) is 0 Å². The number of fused-ring (bicyclic) bond motifs is 1. The highest BCUT2D eigenvalue weighted by Crippen LogP contribution is 2.31. The van der Waals surface area contributed by atoms with Crippen LogP contribution in [-0.4, -0.2) is 18.1 Å². The van der Waals surface area contributed by atoms with E-state index in [2.05, 4.69) is 25.1 Å². The third kappa shape index (κ3) is 5.28. The number of unbranched alkanes of at least 4 members (excludes halogenated alkanes) is 2. The Labute approximate surface area is 161 Å². The minimum Gasteiger partial charge on any atom is -0.488 e. The second-order valence-electron chi connectivity index (χ2n) is 6.71. The Kier molecular flexibility index (Phi) is 7.19. The standard InChI is InChI=1S/C23H28N2O2/c1-18-22(17-26-15-9-3-8-14-24)25-21-13-7-6-12-20(21)23(18)27-16-19-10-4-2-5-11-19/h2,4-7,10-13H,3,8-9,14-17,24H2,1H3. The van der Waals surface area contributed by atoms with Crippen LogP contribution in [0.2, 0.25) is 0 Å². The zero-order chi connectivity index (χ0) is 18.9. The van der Waals surface area contributed by atoms with Gasteiger partial charge >= 0.3 is 0 Å². The van der Waals surface area contributed by atoms with E-state index in [1.54, 1.807) is 0 Å². The monoisotopic (exact) mass is 364 g/mol. The Hall–Kier alpha value is -2.43. The number of nitrogens with two attached hydrogens (primary N) is 1. The van der Waals surface area contributed by atoms with Gasteiger partial charge in [0, 0.05) is 17.6 Å². The van der Waals surface area contributed by atoms with Gasteiger partial charge in [-0.1, -0.05) is 42.5 Å². The topological polar surface area (TPSA) is 57.4 Å². The molecule has 4 heteroatoms. The number of benzene rings is 2. The van der Waals surface area contributed by atoms with Gasteiger partial charge in [0.2, 0.25) is 0 Å². The molecule has 1 aromatic heterocycles. The zero-order valence-corrected chi connectivity index (χ0v) is 16.0. The van der Waals surface area contributed by atoms with Gasteiger partial charge in [-0.2, -0.15) is 0 Å². The van der Waals surface area contributed by atoms with E-state index in [-0.39, 0.29) is 0 Å². The van der Waals surface area contributed by atoms with Gasteiger partial charge in [0.25, 0.3) is 0 Å². The lowest BCUT2D eigenvalue weighted by Crippen LogP contribution is -2.05. The Morgan fingerprint density at radius 1 is 0.889 bits per heavy atom. The summed E-state index contributed by atoms with van der Waals surface area (Å²) in [5, 5.41) is 1.04. The van der Waals surface area contributed by atoms with Crippen molar-refractivity contribution < 1.29 is 9.47 Å². The van der Waals surface area contributed by atoms with Crippen LogP contribution in [-0.2, 0) is 18.0 Å². The van der Waals surface area contributed by atoms with Crippen LogP contribution in [0, 0.1) is 6.92 Å². The van der Waals surface area contributed by atoms with Crippen LogP contribution in [0.3, 0.4) is 0 Å². The molecule has 0 aliphatic carbocycles. The number of aromatic nitrogens is 1. The molecule has 0 aliphatic rings. The molecule has 1 heterocycles. The van der Waals surface area contributed by atoms with Crippen LogP contribution >= 0.6 is 0 Å². The second-order valence-corrected chi connectivity index (χ2v) is 6.71. The van der Waals surface area contributed by atoms with E-state index >= 15 is 0 Å². The molecule has 0 saturated carbocycles. The molecule has 27 heavy (non-hydrogen) atoms. The molecule has 2 N–H and O–H groups in total. The lowest BCUT2D eigenvalue weighted by molar-refractivity contribution is 0.114. The highest BCUT2D eigenvalue weighted by Gasteiger charge is 2.13. The predicted octanol–water partition coefficient (Wildman–Crippen LogP) is 4.77. The van der Waals surface area contributed by atoms with Crippen molar-refractivity contribution >= 4 is 10.9 Å². The van der Waals surface area contributed by atoms with Gasteiger partial charge in [0.15, 0.2) is 0 Å². The lowest BCUT2D eigenvalue weighted by atomic mass is 10.1. The lowest BCUT2D eigenvalue weighted by Gasteiger charge is -2.16. The summed E-state index contributed by atoms with van der Waals surface area (Å²) in [4.78, 5) is 4.80. The first-order chi connectivity index (χ1) is 13.3. The summed E-state index contributed by atoms with van der Waals surface area (Å²) in [6, 6.07) is 18.3. The molecular weight excluding hydrogens is 336 g/mol. The number of rotatable bonds is 10. The zero-order valence-electron chi connectivity index (χ0n) is 16.0. The molecule has 0 saturated heterocycles. The fourth-order valence-corrected chi connectivity index (χ4v) is 3.08. The molecular formula is C23H28N2O2. The number of pyridine rings is 1. The Morgan fingerprint density at radius 2 is 1.67 bits per heavy atom. The first-order valence-corrected chi connectivity index (χ1v) is 9.62. The van der Waals surface area contributed by atoms with Crippen LogP contribution in [0.25, 0.3) is 10.9 Å². The molecule has 0 unspecified atom stereocenters. The number of para-hydroxylation sites is 1. The van der Waals surface area contributed by atoms with Gasteiger partial charge in [-0.3, -0.25) is 0 Å². The summed E-state index contributed by atoms with van der Waals surface area (Å²) in [7, 11) is 0. The van der Waals surface area contributed by atoms with Gasteiger partial charge in [0.1, 0.15) is 12.4 Å². The van der Waals surface area contributed by atoms with Crippen LogP contribution in [0.5, 0.6) is 5.75 Å². The molecule has 0 spiro atoms. The molecule has 0 amide bonds. The molecule has 4 nitrogen and oxygen atoms in total. The summed E-state index contributed by atoms with van der Waals surface area (Å²) >= 11 is 0. The average Bonchev–Trinajstić information content (AvgIpc) is 2.71. The smallest absolute Gasteiger partial charge is 0.134 e. The summed E-state index contributed by atoms with van der Waals surface area (Å²) in [5.41, 5.74) is 9.60. The summed E-state index contributed by atoms with van der Waals surface area (Å²) in [6.45, 7) is 4.57. The van der Waals surface area contributed by atoms with E-state index in [0.29, 0.717) is 13.2 Å². The minimum absolute atomic E-state index is 0.501. The molecule has 3 rings (SSSR count). The predicted molar refractivity (Wildman–Crippen MR) is 110 cm³/mol. The van der Waals surface area contributed by atoms with Gasteiger partial charge in [0.05, 0.1) is 17.8 Å². The third-order valence-corrected chi connectivity index (χ3v) is 4.64. The molecule has 3 aromatic rings. The highest BCUT2D eigenvalue weighted by atomic mass is 16.5. The second kappa shape index (κ2) is 10.0. The van der Waals surface area contributed by atoms with E-state index in [9.17, 15) is 0 Å². The normalized spacial score (nSPS) is 11.0. The fourth-order valence-electron chi connectivity index (χ4n) is 3.08. The van der Waals surface area contributed by atoms with Gasteiger partial charge in [-0.25, -0.2) is 4.98 Å². The van der Waals surface area contributed by atoms with Crippen molar-refractivity contribution in [1.82, 2.24) is 4.98 Å². The Bertz CT molecular complexity index is 850. The first-order valence-electron chi connectivity index (χ1n) is 9.62. The van der Waals surface area contributed by atoms with Crippen LogP contribution < -0.4 is 10.5 Å². The summed E-state index contributed by atoms with van der Waals surface area (Å²) in [5.74, 6) is 0.895. The molecule has 0 atom stereocenters. The summed E-state index contributed by atoms with van der Waals surface area (Å²) < 4.78 is 12.1. The SMILES string of the molecule is Cc1c(COCCCCCN)nc2ccccc2c1OCc1ccccc1. The highest BCUT2D eigenvalue weighted by molar-refractivity contribution is 5.86. The fraction of sp³-hybridized carbons (Fsp3) is 0.348. The van der Waals surface area contributed by atoms with Crippen LogP contribution in [0.4, 0.5) is 0 Å². The average molecular weight is 364 g/mol. The molecule has 2 aromatic carbocycles. The number of hydrogen-bond donors (Lipinski definition) is 1. The number of nitrogens with zero attached hydrogens (tertiary/aromatic N) is 1. The van der Waals surface area contributed by atoms with Crippen molar-refractivity contribution in [2.75, 3.05) is 13.2 Å². The van der Waals surface area contributed by atoms with E-state index in [4.69, 9.17) is 20.2 Å². The van der Waals surface area contributed by atoms with Gasteiger partial charge in [-0.15, -0.1) is 0 Å². The maximum atomic E-state index is 6.23. The Morgan fingerprint density at radius 3 is 2.48 bits per heavy atom. The van der Waals surface area contributed by atoms with Gasteiger partial charge in [-0.05, 0) is 50.4 Å². The molecule has 0 fully saturated rings. The number of ether oxygens (including phenoxy) is 2. The molecule has 0 radical (unpaired) electrons. The van der Waals surface area contributed by atoms with Crippen LogP contribution in [0.15, 0.2) is 54.6 Å². The molecule has 0 bridgehead atoms. The van der Waals surface area contributed by atoms with Crippen molar-refractivity contribution in [3.8, 4) is 5.75 Å². The number of hydrogen-bond acceptors (Lipinski definition) is 4. The molecule has 0 aliphatic heterocycles. The first kappa shape index (κ1) is 19.3. The molecule has 142 valence electrons. The van der Waals surface area contributed by atoms with E-state index < -0.39 is 0 Å². The van der Waals surface area contributed by atoms with Crippen molar-refractivity contribution in [3.05, 3.63) is 71.4 Å². The van der Waals surface area contributed by atoms with Crippen molar-refractivity contribution in [3.63, 3.8) is 0 Å². The summed E-state index contributed by atoms with van der Waals surface area (Å²) in [6.07, 6.45) is 3.18. The van der Waals surface area contributed by atoms with E-state index in [1.807, 2.05) is 36.4 Å². The Balaban J connectivity index is 1.75. The maximum Gasteiger partial charge on any atom is 0.134 e. The van der Waals surface area contributed by atoms with Gasteiger partial charge < -0.3 is 15.2 Å². The third-order valence-electron chi connectivity index (χ3n) is 4.64. The quantitative estimate of drug-likeness (QED) is 0.527. The van der Waals surface area contributed by atoms with E-state index in [0.717, 1.165) is 65.9 Å². The maximum absolute atomic E-state index is 6.23. The minimum atomic E-state index is 0.501.